The fraction of sp³-hybridized carbons (Fsp3) is 0.500. The number of thioether (sulfide) groups is 1. The predicted octanol–water partition coefficient (Wildman–Crippen LogP) is 2.45. The minimum absolute atomic E-state index is 0.296. The highest BCUT2D eigenvalue weighted by Crippen LogP contribution is 2.14. The summed E-state index contributed by atoms with van der Waals surface area (Å²) < 4.78 is 5.61. The molecule has 1 aromatic rings. The Kier molecular flexibility index (Phi) is 7.36. The highest BCUT2D eigenvalue weighted by molar-refractivity contribution is 7.99. The van der Waals surface area contributed by atoms with Crippen LogP contribution in [0.15, 0.2) is 24.3 Å². The molecule has 4 nitrogen and oxygen atoms in total. The number of ether oxygens (including phenoxy) is 1. The van der Waals surface area contributed by atoms with E-state index in [0.717, 1.165) is 17.4 Å². The van der Waals surface area contributed by atoms with E-state index in [9.17, 15) is 4.79 Å². The zero-order chi connectivity index (χ0) is 14.1. The van der Waals surface area contributed by atoms with Gasteiger partial charge in [0.1, 0.15) is 5.75 Å². The third-order valence-electron chi connectivity index (χ3n) is 2.84. The lowest BCUT2D eigenvalue weighted by Crippen LogP contribution is -2.29. The van der Waals surface area contributed by atoms with Gasteiger partial charge in [-0.1, -0.05) is 20.3 Å². The lowest BCUT2D eigenvalue weighted by Gasteiger charge is -2.09. The Morgan fingerprint density at radius 2 is 2.11 bits per heavy atom. The van der Waals surface area contributed by atoms with Crippen molar-refractivity contribution >= 4 is 17.7 Å². The van der Waals surface area contributed by atoms with Gasteiger partial charge in [0.05, 0.1) is 6.61 Å². The Labute approximate surface area is 119 Å². The number of hydrogen-bond acceptors (Lipinski definition) is 4. The van der Waals surface area contributed by atoms with Crippen molar-refractivity contribution in [3.05, 3.63) is 29.8 Å². The van der Waals surface area contributed by atoms with Crippen molar-refractivity contribution < 1.29 is 9.53 Å². The monoisotopic (exact) mass is 282 g/mol. The van der Waals surface area contributed by atoms with E-state index < -0.39 is 0 Å². The molecule has 19 heavy (non-hydrogen) atoms. The topological polar surface area (TPSA) is 64.3 Å². The normalized spacial score (nSPS) is 11.9. The number of hydrogen-bond donors (Lipinski definition) is 2. The zero-order valence-corrected chi connectivity index (χ0v) is 12.3. The highest BCUT2D eigenvalue weighted by Gasteiger charge is 2.03. The van der Waals surface area contributed by atoms with E-state index in [1.807, 2.05) is 11.8 Å². The number of benzene rings is 1. The Morgan fingerprint density at radius 3 is 2.68 bits per heavy atom. The van der Waals surface area contributed by atoms with Gasteiger partial charge in [-0.05, 0) is 35.9 Å². The first-order chi connectivity index (χ1) is 9.17. The fourth-order valence-electron chi connectivity index (χ4n) is 1.41. The third-order valence-corrected chi connectivity index (χ3v) is 4.10. The molecule has 1 aromatic carbocycles. The van der Waals surface area contributed by atoms with Crippen LogP contribution in [0.2, 0.25) is 0 Å². The Bertz CT molecular complexity index is 382. The number of nitrogen functional groups attached to an aromatic ring is 1. The van der Waals surface area contributed by atoms with Gasteiger partial charge in [0.2, 0.25) is 0 Å². The van der Waals surface area contributed by atoms with Crippen LogP contribution in [0.25, 0.3) is 0 Å². The Balaban J connectivity index is 2.25. The third kappa shape index (κ3) is 5.98. The molecular formula is C14H22N2O2S. The molecule has 0 aliphatic heterocycles. The highest BCUT2D eigenvalue weighted by atomic mass is 32.2. The number of nitrogens with two attached hydrogens (primary N) is 1. The molecule has 0 radical (unpaired) electrons. The first-order valence-electron chi connectivity index (χ1n) is 6.49. The molecule has 0 fully saturated rings. The van der Waals surface area contributed by atoms with Gasteiger partial charge in [-0.3, -0.25) is 10.2 Å². The van der Waals surface area contributed by atoms with Crippen LogP contribution < -0.4 is 16.0 Å². The average Bonchev–Trinajstić information content (AvgIpc) is 2.46. The first kappa shape index (κ1) is 15.9. The lowest BCUT2D eigenvalue weighted by molar-refractivity contribution is 0.0953. The number of hydrazine groups is 1. The maximum absolute atomic E-state index is 11.2. The van der Waals surface area contributed by atoms with Gasteiger partial charge < -0.3 is 4.74 Å². The van der Waals surface area contributed by atoms with Crippen LogP contribution in [0.3, 0.4) is 0 Å². The molecule has 0 aliphatic carbocycles. The summed E-state index contributed by atoms with van der Waals surface area (Å²) in [7, 11) is 0. The molecule has 106 valence electrons. The molecule has 1 atom stereocenters. The molecule has 0 aromatic heterocycles. The van der Waals surface area contributed by atoms with E-state index in [2.05, 4.69) is 19.3 Å². The summed E-state index contributed by atoms with van der Waals surface area (Å²) in [5.41, 5.74) is 2.62. The summed E-state index contributed by atoms with van der Waals surface area (Å²) in [6, 6.07) is 6.96. The van der Waals surface area contributed by atoms with Gasteiger partial charge >= 0.3 is 0 Å². The fourth-order valence-corrected chi connectivity index (χ4v) is 2.41. The van der Waals surface area contributed by atoms with E-state index in [1.165, 1.54) is 12.2 Å². The SMILES string of the molecule is CCC(C)CSCCOc1ccc(C(=O)NN)cc1. The second-order valence-corrected chi connectivity index (χ2v) is 5.58. The van der Waals surface area contributed by atoms with Crippen LogP contribution in [0.1, 0.15) is 30.6 Å². The number of amides is 1. The predicted molar refractivity (Wildman–Crippen MR) is 80.4 cm³/mol. The van der Waals surface area contributed by atoms with Gasteiger partial charge in [0.15, 0.2) is 0 Å². The number of rotatable bonds is 8. The molecule has 1 amide bonds. The molecule has 0 spiro atoms. The molecular weight excluding hydrogens is 260 g/mol. The van der Waals surface area contributed by atoms with Crippen LogP contribution in [0.4, 0.5) is 0 Å². The quantitative estimate of drug-likeness (QED) is 0.333. The van der Waals surface area contributed by atoms with Gasteiger partial charge in [0, 0.05) is 11.3 Å². The van der Waals surface area contributed by atoms with Crippen molar-refractivity contribution in [3.8, 4) is 5.75 Å². The standard InChI is InChI=1S/C14H22N2O2S/c1-3-11(2)10-19-9-8-18-13-6-4-12(5-7-13)14(17)16-15/h4-7,11H,3,8-10,15H2,1-2H3,(H,16,17). The maximum Gasteiger partial charge on any atom is 0.265 e. The molecule has 0 saturated carbocycles. The van der Waals surface area contributed by atoms with E-state index in [4.69, 9.17) is 10.6 Å². The minimum Gasteiger partial charge on any atom is -0.493 e. The van der Waals surface area contributed by atoms with Crippen LogP contribution in [-0.4, -0.2) is 24.0 Å². The van der Waals surface area contributed by atoms with Crippen molar-refractivity contribution in [1.29, 1.82) is 0 Å². The first-order valence-corrected chi connectivity index (χ1v) is 7.64. The Hall–Kier alpha value is -1.20. The van der Waals surface area contributed by atoms with E-state index in [0.29, 0.717) is 12.2 Å². The second kappa shape index (κ2) is 8.82. The van der Waals surface area contributed by atoms with Crippen molar-refractivity contribution in [2.45, 2.75) is 20.3 Å². The Morgan fingerprint density at radius 1 is 1.42 bits per heavy atom. The number of nitrogens with one attached hydrogen (secondary N) is 1. The van der Waals surface area contributed by atoms with Crippen molar-refractivity contribution in [1.82, 2.24) is 5.43 Å². The van der Waals surface area contributed by atoms with Crippen LogP contribution in [0, 0.1) is 5.92 Å². The minimum atomic E-state index is -0.296. The summed E-state index contributed by atoms with van der Waals surface area (Å²) in [5.74, 6) is 8.46. The summed E-state index contributed by atoms with van der Waals surface area (Å²) in [5, 5.41) is 0. The lowest BCUT2D eigenvalue weighted by atomic mass is 10.2. The molecule has 0 heterocycles. The zero-order valence-electron chi connectivity index (χ0n) is 11.5. The largest absolute Gasteiger partial charge is 0.493 e. The van der Waals surface area contributed by atoms with Crippen molar-refractivity contribution in [2.75, 3.05) is 18.1 Å². The van der Waals surface area contributed by atoms with Gasteiger partial charge in [-0.25, -0.2) is 5.84 Å². The van der Waals surface area contributed by atoms with Crippen molar-refractivity contribution in [3.63, 3.8) is 0 Å². The van der Waals surface area contributed by atoms with Crippen LogP contribution in [0.5, 0.6) is 5.75 Å². The summed E-state index contributed by atoms with van der Waals surface area (Å²) in [4.78, 5) is 11.2. The molecule has 1 unspecified atom stereocenters. The number of carbonyl (C=O) groups excluding carboxylic acids is 1. The summed E-state index contributed by atoms with van der Waals surface area (Å²) >= 11 is 1.91. The van der Waals surface area contributed by atoms with Crippen molar-refractivity contribution in [2.24, 2.45) is 11.8 Å². The molecule has 0 aliphatic rings. The van der Waals surface area contributed by atoms with Crippen LogP contribution in [-0.2, 0) is 0 Å². The smallest absolute Gasteiger partial charge is 0.265 e. The van der Waals surface area contributed by atoms with Gasteiger partial charge in [-0.15, -0.1) is 0 Å². The molecule has 0 bridgehead atoms. The maximum atomic E-state index is 11.2. The summed E-state index contributed by atoms with van der Waals surface area (Å²) in [6.07, 6.45) is 1.22. The van der Waals surface area contributed by atoms with E-state index >= 15 is 0 Å². The molecule has 3 N–H and O–H groups in total. The molecule has 5 heteroatoms. The summed E-state index contributed by atoms with van der Waals surface area (Å²) in [6.45, 7) is 5.15. The molecule has 0 saturated heterocycles. The average molecular weight is 282 g/mol. The second-order valence-electron chi connectivity index (χ2n) is 4.43. The van der Waals surface area contributed by atoms with Crippen LogP contribution >= 0.6 is 11.8 Å². The van der Waals surface area contributed by atoms with E-state index in [-0.39, 0.29) is 5.91 Å². The number of carbonyl (C=O) groups is 1. The van der Waals surface area contributed by atoms with Gasteiger partial charge in [0.25, 0.3) is 5.91 Å². The van der Waals surface area contributed by atoms with Gasteiger partial charge in [-0.2, -0.15) is 11.8 Å². The molecule has 1 rings (SSSR count). The van der Waals surface area contributed by atoms with E-state index in [1.54, 1.807) is 24.3 Å².